The number of carbonyl (C=O) groups excluding carboxylic acids is 2. The van der Waals surface area contributed by atoms with Gasteiger partial charge in [0.05, 0.1) is 11.8 Å². The molecule has 0 radical (unpaired) electrons. The van der Waals surface area contributed by atoms with Crippen molar-refractivity contribution in [3.8, 4) is 11.5 Å². The summed E-state index contributed by atoms with van der Waals surface area (Å²) in [6.45, 7) is 15.2. The molecule has 4 heteroatoms. The molecule has 0 spiro atoms. The fraction of sp³-hybridized carbons (Fsp3) is 0.455. The molecule has 0 saturated heterocycles. The number of benzene rings is 1. The minimum atomic E-state index is -0.352. The van der Waals surface area contributed by atoms with Crippen LogP contribution in [0.4, 0.5) is 0 Å². The van der Waals surface area contributed by atoms with Crippen molar-refractivity contribution in [1.29, 1.82) is 0 Å². The standard InChI is InChI=1S/C22H30O4/c1-7-11-17(15(3)4)21(23)25-19-13-9-10-14-20(19)26-22(24)18(12-8-2)16(5)6/h7-10,13-18H,1-2,11-12H2,3-6H3. The Labute approximate surface area is 156 Å². The summed E-state index contributed by atoms with van der Waals surface area (Å²) in [5.74, 6) is -0.546. The molecule has 0 N–H and O–H groups in total. The van der Waals surface area contributed by atoms with Gasteiger partial charge in [-0.1, -0.05) is 52.0 Å². The van der Waals surface area contributed by atoms with Crippen LogP contribution in [0.1, 0.15) is 40.5 Å². The molecular formula is C22H30O4. The van der Waals surface area contributed by atoms with E-state index in [1.807, 2.05) is 27.7 Å². The van der Waals surface area contributed by atoms with Crippen LogP contribution in [0.15, 0.2) is 49.6 Å². The molecule has 0 aliphatic carbocycles. The normalized spacial score (nSPS) is 13.2. The Kier molecular flexibility index (Phi) is 8.83. The average Bonchev–Trinajstić information content (AvgIpc) is 2.58. The van der Waals surface area contributed by atoms with Gasteiger partial charge in [-0.25, -0.2) is 0 Å². The van der Waals surface area contributed by atoms with Crippen molar-refractivity contribution in [1.82, 2.24) is 0 Å². The minimum absolute atomic E-state index is 0.119. The van der Waals surface area contributed by atoms with Crippen molar-refractivity contribution in [3.63, 3.8) is 0 Å². The lowest BCUT2D eigenvalue weighted by Crippen LogP contribution is -2.26. The Morgan fingerprint density at radius 1 is 0.846 bits per heavy atom. The molecule has 1 rings (SSSR count). The highest BCUT2D eigenvalue weighted by Gasteiger charge is 2.26. The van der Waals surface area contributed by atoms with Gasteiger partial charge in [0.15, 0.2) is 11.5 Å². The predicted molar refractivity (Wildman–Crippen MR) is 104 cm³/mol. The molecule has 0 aromatic heterocycles. The molecule has 0 aliphatic heterocycles. The Balaban J connectivity index is 2.97. The Morgan fingerprint density at radius 3 is 1.46 bits per heavy atom. The molecule has 0 amide bonds. The highest BCUT2D eigenvalue weighted by molar-refractivity contribution is 5.79. The molecule has 26 heavy (non-hydrogen) atoms. The van der Waals surface area contributed by atoms with Crippen LogP contribution in [0.2, 0.25) is 0 Å². The number of hydrogen-bond donors (Lipinski definition) is 0. The van der Waals surface area contributed by atoms with E-state index in [0.29, 0.717) is 12.8 Å². The van der Waals surface area contributed by atoms with Crippen molar-refractivity contribution in [2.45, 2.75) is 40.5 Å². The molecule has 0 saturated carbocycles. The molecule has 1 aromatic rings. The zero-order valence-electron chi connectivity index (χ0n) is 16.2. The van der Waals surface area contributed by atoms with Gasteiger partial charge in [0.1, 0.15) is 0 Å². The van der Waals surface area contributed by atoms with Gasteiger partial charge in [-0.2, -0.15) is 0 Å². The monoisotopic (exact) mass is 358 g/mol. The molecule has 4 nitrogen and oxygen atoms in total. The summed E-state index contributed by atoms with van der Waals surface area (Å²) in [6, 6.07) is 6.73. The Morgan fingerprint density at radius 2 is 1.19 bits per heavy atom. The van der Waals surface area contributed by atoms with E-state index < -0.39 is 0 Å². The minimum Gasteiger partial charge on any atom is -0.422 e. The molecule has 0 fully saturated rings. The summed E-state index contributed by atoms with van der Waals surface area (Å²) in [6.07, 6.45) is 4.49. The Bertz CT molecular complexity index is 576. The highest BCUT2D eigenvalue weighted by Crippen LogP contribution is 2.30. The number of esters is 2. The smallest absolute Gasteiger partial charge is 0.315 e. The first-order chi connectivity index (χ1) is 12.3. The maximum Gasteiger partial charge on any atom is 0.315 e. The van der Waals surface area contributed by atoms with Crippen LogP contribution in [0.5, 0.6) is 11.5 Å². The lowest BCUT2D eigenvalue weighted by atomic mass is 9.92. The van der Waals surface area contributed by atoms with E-state index in [-0.39, 0.29) is 47.1 Å². The second kappa shape index (κ2) is 10.6. The second-order valence-corrected chi connectivity index (χ2v) is 7.04. The van der Waals surface area contributed by atoms with Crippen LogP contribution < -0.4 is 9.47 Å². The number of carbonyl (C=O) groups is 2. The quantitative estimate of drug-likeness (QED) is 0.328. The van der Waals surface area contributed by atoms with Crippen LogP contribution in [0, 0.1) is 23.7 Å². The first-order valence-electron chi connectivity index (χ1n) is 9.06. The van der Waals surface area contributed by atoms with Gasteiger partial charge in [-0.15, -0.1) is 13.2 Å². The van der Waals surface area contributed by atoms with Crippen LogP contribution in [0.3, 0.4) is 0 Å². The third-order valence-corrected chi connectivity index (χ3v) is 4.33. The average molecular weight is 358 g/mol. The van der Waals surface area contributed by atoms with Crippen molar-refractivity contribution in [2.75, 3.05) is 0 Å². The topological polar surface area (TPSA) is 52.6 Å². The molecule has 2 unspecified atom stereocenters. The van der Waals surface area contributed by atoms with Crippen LogP contribution in [0.25, 0.3) is 0 Å². The lowest BCUT2D eigenvalue weighted by molar-refractivity contribution is -0.143. The van der Waals surface area contributed by atoms with Gasteiger partial charge in [0.25, 0.3) is 0 Å². The van der Waals surface area contributed by atoms with Gasteiger partial charge < -0.3 is 9.47 Å². The largest absolute Gasteiger partial charge is 0.422 e. The van der Waals surface area contributed by atoms with Crippen molar-refractivity contribution in [3.05, 3.63) is 49.6 Å². The third-order valence-electron chi connectivity index (χ3n) is 4.33. The lowest BCUT2D eigenvalue weighted by Gasteiger charge is -2.20. The summed E-state index contributed by atoms with van der Waals surface area (Å²) in [7, 11) is 0. The van der Waals surface area contributed by atoms with Crippen LogP contribution in [-0.2, 0) is 9.59 Å². The Hall–Kier alpha value is -2.36. The number of hydrogen-bond acceptors (Lipinski definition) is 4. The SMILES string of the molecule is C=CCC(C(=O)Oc1ccccc1OC(=O)C(CC=C)C(C)C)C(C)C. The van der Waals surface area contributed by atoms with Crippen LogP contribution >= 0.6 is 0 Å². The molecule has 2 atom stereocenters. The van der Waals surface area contributed by atoms with E-state index in [1.54, 1.807) is 36.4 Å². The van der Waals surface area contributed by atoms with E-state index in [4.69, 9.17) is 9.47 Å². The summed E-state index contributed by atoms with van der Waals surface area (Å²) in [5, 5.41) is 0. The zero-order chi connectivity index (χ0) is 19.7. The maximum absolute atomic E-state index is 12.5. The highest BCUT2D eigenvalue weighted by atomic mass is 16.6. The fourth-order valence-corrected chi connectivity index (χ4v) is 2.63. The number of rotatable bonds is 10. The third kappa shape index (κ3) is 6.17. The maximum atomic E-state index is 12.5. The predicted octanol–water partition coefficient (Wildman–Crippen LogP) is 5.19. The van der Waals surface area contributed by atoms with Gasteiger partial charge >= 0.3 is 11.9 Å². The van der Waals surface area contributed by atoms with Gasteiger partial charge in [-0.05, 0) is 36.8 Å². The molecular weight excluding hydrogens is 328 g/mol. The summed E-state index contributed by atoms with van der Waals surface area (Å²) in [4.78, 5) is 25.0. The van der Waals surface area contributed by atoms with Crippen molar-refractivity contribution < 1.29 is 19.1 Å². The van der Waals surface area contributed by atoms with E-state index in [0.717, 1.165) is 0 Å². The summed E-state index contributed by atoms with van der Waals surface area (Å²) in [5.41, 5.74) is 0. The summed E-state index contributed by atoms with van der Waals surface area (Å²) >= 11 is 0. The van der Waals surface area contributed by atoms with Gasteiger partial charge in [0, 0.05) is 0 Å². The van der Waals surface area contributed by atoms with E-state index in [1.165, 1.54) is 0 Å². The van der Waals surface area contributed by atoms with Crippen molar-refractivity contribution in [2.24, 2.45) is 23.7 Å². The van der Waals surface area contributed by atoms with Crippen molar-refractivity contribution >= 4 is 11.9 Å². The number of ether oxygens (including phenoxy) is 2. The van der Waals surface area contributed by atoms with E-state index in [9.17, 15) is 9.59 Å². The van der Waals surface area contributed by atoms with E-state index in [2.05, 4.69) is 13.2 Å². The summed E-state index contributed by atoms with van der Waals surface area (Å²) < 4.78 is 11.1. The van der Waals surface area contributed by atoms with Gasteiger partial charge in [-0.3, -0.25) is 9.59 Å². The van der Waals surface area contributed by atoms with E-state index >= 15 is 0 Å². The number of allylic oxidation sites excluding steroid dienone is 2. The zero-order valence-corrected chi connectivity index (χ0v) is 16.2. The van der Waals surface area contributed by atoms with Gasteiger partial charge in [0.2, 0.25) is 0 Å². The molecule has 142 valence electrons. The molecule has 0 bridgehead atoms. The van der Waals surface area contributed by atoms with Crippen LogP contribution in [-0.4, -0.2) is 11.9 Å². The number of para-hydroxylation sites is 2. The first-order valence-corrected chi connectivity index (χ1v) is 9.06. The molecule has 0 aliphatic rings. The molecule has 1 aromatic carbocycles. The fourth-order valence-electron chi connectivity index (χ4n) is 2.63. The second-order valence-electron chi connectivity index (χ2n) is 7.04. The molecule has 0 heterocycles. The first kappa shape index (κ1) is 21.7.